The Hall–Kier alpha value is -4.52. The third-order valence-electron chi connectivity index (χ3n) is 5.51. The zero-order valence-corrected chi connectivity index (χ0v) is 18.8. The minimum atomic E-state index is -0.535. The Morgan fingerprint density at radius 1 is 0.765 bits per heavy atom. The molecular formula is C27H21NO6. The van der Waals surface area contributed by atoms with Crippen LogP contribution in [-0.4, -0.2) is 33.2 Å². The van der Waals surface area contributed by atoms with Crippen molar-refractivity contribution < 1.29 is 28.5 Å². The molecular weight excluding hydrogens is 434 g/mol. The smallest absolute Gasteiger partial charge is 0.364 e. The lowest BCUT2D eigenvalue weighted by Crippen LogP contribution is -2.09. The van der Waals surface area contributed by atoms with Gasteiger partial charge in [0.25, 0.3) is 0 Å². The highest BCUT2D eigenvalue weighted by Gasteiger charge is 2.31. The molecule has 0 N–H and O–H groups in total. The molecule has 3 aromatic carbocycles. The van der Waals surface area contributed by atoms with Crippen LogP contribution in [0.2, 0.25) is 0 Å². The molecule has 0 spiro atoms. The van der Waals surface area contributed by atoms with Crippen molar-refractivity contribution in [3.8, 4) is 23.0 Å². The number of allylic oxidation sites excluding steroid dienone is 2. The van der Waals surface area contributed by atoms with E-state index in [9.17, 15) is 4.79 Å². The molecule has 7 heteroatoms. The van der Waals surface area contributed by atoms with E-state index in [2.05, 4.69) is 4.99 Å². The van der Waals surface area contributed by atoms with Gasteiger partial charge in [-0.15, -0.1) is 0 Å². The van der Waals surface area contributed by atoms with Gasteiger partial charge in [0.1, 0.15) is 17.3 Å². The largest absolute Gasteiger partial charge is 0.497 e. The van der Waals surface area contributed by atoms with E-state index in [-0.39, 0.29) is 11.6 Å². The van der Waals surface area contributed by atoms with E-state index < -0.39 is 5.97 Å². The molecule has 3 aromatic rings. The molecule has 0 unspecified atom stereocenters. The van der Waals surface area contributed by atoms with E-state index in [1.165, 1.54) is 0 Å². The lowest BCUT2D eigenvalue weighted by atomic mass is 9.97. The van der Waals surface area contributed by atoms with Crippen LogP contribution in [0.4, 0.5) is 0 Å². The molecule has 0 saturated carbocycles. The number of fused-ring (bicyclic) bond motifs is 1. The number of nitrogens with zero attached hydrogens (tertiary/aromatic N) is 1. The molecule has 2 aliphatic heterocycles. The summed E-state index contributed by atoms with van der Waals surface area (Å²) in [5, 5.41) is 0. The second-order valence-corrected chi connectivity index (χ2v) is 7.48. The van der Waals surface area contributed by atoms with Crippen LogP contribution < -0.4 is 18.9 Å². The minimum absolute atomic E-state index is 0.189. The average molecular weight is 455 g/mol. The normalized spacial score (nSPS) is 16.6. The van der Waals surface area contributed by atoms with Gasteiger partial charge in [0, 0.05) is 22.3 Å². The number of esters is 1. The second kappa shape index (κ2) is 8.78. The van der Waals surface area contributed by atoms with Gasteiger partial charge in [-0.05, 0) is 54.6 Å². The molecule has 0 fully saturated rings. The van der Waals surface area contributed by atoms with E-state index in [4.69, 9.17) is 23.7 Å². The van der Waals surface area contributed by atoms with E-state index in [1.807, 2.05) is 48.5 Å². The number of rotatable bonds is 5. The predicted octanol–water partition coefficient (Wildman–Crippen LogP) is 4.86. The van der Waals surface area contributed by atoms with Crippen molar-refractivity contribution in [1.82, 2.24) is 0 Å². The van der Waals surface area contributed by atoms with Crippen LogP contribution in [0.25, 0.3) is 11.3 Å². The van der Waals surface area contributed by atoms with Crippen LogP contribution in [-0.2, 0) is 9.53 Å². The fourth-order valence-corrected chi connectivity index (χ4v) is 3.80. The van der Waals surface area contributed by atoms with Crippen LogP contribution in [0.3, 0.4) is 0 Å². The Kier molecular flexibility index (Phi) is 5.51. The van der Waals surface area contributed by atoms with Gasteiger partial charge in [0.15, 0.2) is 17.2 Å². The maximum absolute atomic E-state index is 12.9. The Morgan fingerprint density at radius 2 is 1.56 bits per heavy atom. The highest BCUT2D eigenvalue weighted by molar-refractivity contribution is 6.15. The fourth-order valence-electron chi connectivity index (χ4n) is 3.80. The first-order valence-electron chi connectivity index (χ1n) is 10.5. The number of benzene rings is 3. The highest BCUT2D eigenvalue weighted by atomic mass is 16.6. The third kappa shape index (κ3) is 3.77. The van der Waals surface area contributed by atoms with Crippen molar-refractivity contribution >= 4 is 23.2 Å². The van der Waals surface area contributed by atoms with Gasteiger partial charge in [0.05, 0.1) is 21.3 Å². The fraction of sp³-hybridized carbons (Fsp3) is 0.111. The topological polar surface area (TPSA) is 75.6 Å². The van der Waals surface area contributed by atoms with Crippen molar-refractivity contribution in [2.45, 2.75) is 0 Å². The summed E-state index contributed by atoms with van der Waals surface area (Å²) in [6.45, 7) is 0. The average Bonchev–Trinajstić information content (AvgIpc) is 3.29. The molecule has 2 aliphatic rings. The first-order valence-corrected chi connectivity index (χ1v) is 10.5. The standard InChI is InChI=1S/C27H21NO6/c1-30-18-10-12-21-19(14-18)20(25-27(29)34-26(28-25)16-7-5-4-6-8-16)15-23(33-21)17-9-11-22(31-2)24(13-17)32-3/h4-15H,1-3H3/b25-20-. The van der Waals surface area contributed by atoms with Crippen molar-refractivity contribution in [2.24, 2.45) is 4.99 Å². The van der Waals surface area contributed by atoms with Crippen LogP contribution in [0, 0.1) is 0 Å². The van der Waals surface area contributed by atoms with E-state index in [1.54, 1.807) is 45.6 Å². The van der Waals surface area contributed by atoms with Crippen LogP contribution >= 0.6 is 0 Å². The van der Waals surface area contributed by atoms with Crippen LogP contribution in [0.5, 0.6) is 23.0 Å². The lowest BCUT2D eigenvalue weighted by molar-refractivity contribution is -0.129. The molecule has 7 nitrogen and oxygen atoms in total. The SMILES string of the molecule is COc1ccc2c(c1)/C(=C1\N=C(c3ccccc3)OC1=O)C=C(c1ccc(OC)c(OC)c1)O2. The number of hydrogen-bond donors (Lipinski definition) is 0. The number of carbonyl (C=O) groups is 1. The third-order valence-corrected chi connectivity index (χ3v) is 5.51. The Bertz CT molecular complexity index is 1370. The molecule has 0 saturated heterocycles. The van der Waals surface area contributed by atoms with Crippen molar-refractivity contribution in [2.75, 3.05) is 21.3 Å². The van der Waals surface area contributed by atoms with Crippen LogP contribution in [0.15, 0.2) is 83.5 Å². The Labute approximate surface area is 196 Å². The lowest BCUT2D eigenvalue weighted by Gasteiger charge is -2.22. The summed E-state index contributed by atoms with van der Waals surface area (Å²) in [7, 11) is 4.73. The zero-order chi connectivity index (χ0) is 23.7. The summed E-state index contributed by atoms with van der Waals surface area (Å²) in [6, 6.07) is 20.2. The predicted molar refractivity (Wildman–Crippen MR) is 127 cm³/mol. The number of methoxy groups -OCH3 is 3. The number of aliphatic imine (C=N–C) groups is 1. The summed E-state index contributed by atoms with van der Waals surface area (Å²) >= 11 is 0. The van der Waals surface area contributed by atoms with Crippen molar-refractivity contribution in [1.29, 1.82) is 0 Å². The van der Waals surface area contributed by atoms with Gasteiger partial charge in [-0.1, -0.05) is 18.2 Å². The van der Waals surface area contributed by atoms with Gasteiger partial charge in [0.2, 0.25) is 5.90 Å². The van der Waals surface area contributed by atoms with Crippen molar-refractivity contribution in [3.05, 3.63) is 95.2 Å². The summed E-state index contributed by atoms with van der Waals surface area (Å²) in [4.78, 5) is 17.5. The molecule has 5 rings (SSSR count). The van der Waals surface area contributed by atoms with Gasteiger partial charge in [-0.2, -0.15) is 0 Å². The number of hydrogen-bond acceptors (Lipinski definition) is 7. The first-order chi connectivity index (χ1) is 16.6. The maximum Gasteiger partial charge on any atom is 0.364 e. The summed E-state index contributed by atoms with van der Waals surface area (Å²) in [5.74, 6) is 2.59. The molecule has 0 amide bonds. The molecule has 0 aromatic heterocycles. The molecule has 0 aliphatic carbocycles. The minimum Gasteiger partial charge on any atom is -0.497 e. The maximum atomic E-state index is 12.9. The molecule has 0 atom stereocenters. The molecule has 2 heterocycles. The monoisotopic (exact) mass is 455 g/mol. The quantitative estimate of drug-likeness (QED) is 0.404. The number of carbonyl (C=O) groups excluding carboxylic acids is 1. The molecule has 0 radical (unpaired) electrons. The molecule has 0 bridgehead atoms. The Balaban J connectivity index is 1.69. The van der Waals surface area contributed by atoms with E-state index in [0.717, 1.165) is 5.56 Å². The van der Waals surface area contributed by atoms with Gasteiger partial charge < -0.3 is 23.7 Å². The van der Waals surface area contributed by atoms with Gasteiger partial charge in [-0.25, -0.2) is 9.79 Å². The zero-order valence-electron chi connectivity index (χ0n) is 18.8. The highest BCUT2D eigenvalue weighted by Crippen LogP contribution is 2.42. The van der Waals surface area contributed by atoms with E-state index >= 15 is 0 Å². The summed E-state index contributed by atoms with van der Waals surface area (Å²) < 4.78 is 27.9. The van der Waals surface area contributed by atoms with Gasteiger partial charge >= 0.3 is 5.97 Å². The number of ether oxygens (including phenoxy) is 5. The summed E-state index contributed by atoms with van der Waals surface area (Å²) in [6.07, 6.45) is 1.77. The second-order valence-electron chi connectivity index (χ2n) is 7.48. The molecule has 34 heavy (non-hydrogen) atoms. The number of cyclic esters (lactones) is 1. The first kappa shape index (κ1) is 21.3. The van der Waals surface area contributed by atoms with Crippen molar-refractivity contribution in [3.63, 3.8) is 0 Å². The van der Waals surface area contributed by atoms with Crippen LogP contribution in [0.1, 0.15) is 16.7 Å². The summed E-state index contributed by atoms with van der Waals surface area (Å²) in [5.41, 5.74) is 2.90. The molecule has 170 valence electrons. The van der Waals surface area contributed by atoms with Gasteiger partial charge in [-0.3, -0.25) is 0 Å². The van der Waals surface area contributed by atoms with E-state index in [0.29, 0.717) is 45.5 Å². The Morgan fingerprint density at radius 3 is 2.29 bits per heavy atom.